The maximum atomic E-state index is 9.88. The van der Waals surface area contributed by atoms with Gasteiger partial charge >= 0.3 is 0 Å². The molecule has 0 saturated heterocycles. The van der Waals surface area contributed by atoms with Crippen LogP contribution in [0.3, 0.4) is 0 Å². The lowest BCUT2D eigenvalue weighted by Gasteiger charge is -2.31. The Morgan fingerprint density at radius 3 is 2.26 bits per heavy atom. The Kier molecular flexibility index (Phi) is 7.10. The molecule has 2 aromatic rings. The van der Waals surface area contributed by atoms with Crippen LogP contribution in [0.5, 0.6) is 0 Å². The zero-order valence-electron chi connectivity index (χ0n) is 19.5. The van der Waals surface area contributed by atoms with E-state index in [9.17, 15) is 5.11 Å². The highest BCUT2D eigenvalue weighted by Gasteiger charge is 2.30. The van der Waals surface area contributed by atoms with Gasteiger partial charge in [-0.15, -0.1) is 0 Å². The molecule has 0 heterocycles. The van der Waals surface area contributed by atoms with Gasteiger partial charge in [0.2, 0.25) is 0 Å². The monoisotopic (exact) mass is 440 g/mol. The van der Waals surface area contributed by atoms with Crippen molar-refractivity contribution in [1.82, 2.24) is 0 Å². The first-order chi connectivity index (χ1) is 14.9. The lowest BCUT2D eigenvalue weighted by Crippen LogP contribution is -2.28. The van der Waals surface area contributed by atoms with Gasteiger partial charge in [0.15, 0.2) is 0 Å². The summed E-state index contributed by atoms with van der Waals surface area (Å²) in [4.78, 5) is 0. The number of aliphatic hydroxyl groups is 1. The molecule has 0 amide bonds. The Labute approximate surface area is 193 Å². The number of ether oxygens (including phenoxy) is 1. The average molecular weight is 441 g/mol. The fourth-order valence-electron chi connectivity index (χ4n) is 4.95. The predicted molar refractivity (Wildman–Crippen MR) is 129 cm³/mol. The minimum atomic E-state index is -0.154. The topological polar surface area (TPSA) is 29.5 Å². The predicted octanol–water partition coefficient (Wildman–Crippen LogP) is 7.03. The van der Waals surface area contributed by atoms with Crippen LogP contribution in [-0.4, -0.2) is 17.8 Å². The number of fused-ring (bicyclic) bond motifs is 1. The molecule has 31 heavy (non-hydrogen) atoms. The van der Waals surface area contributed by atoms with E-state index in [1.807, 2.05) is 0 Å². The van der Waals surface area contributed by atoms with E-state index in [0.29, 0.717) is 5.92 Å². The summed E-state index contributed by atoms with van der Waals surface area (Å²) in [5, 5.41) is 10.8. The summed E-state index contributed by atoms with van der Waals surface area (Å²) in [6.07, 6.45) is 6.61. The number of hydrogen-bond acceptors (Lipinski definition) is 2. The van der Waals surface area contributed by atoms with Gasteiger partial charge in [-0.2, -0.15) is 0 Å². The fourth-order valence-corrected chi connectivity index (χ4v) is 5.28. The molecule has 0 bridgehead atoms. The van der Waals surface area contributed by atoms with Crippen molar-refractivity contribution in [3.05, 3.63) is 68.7 Å². The molecule has 1 saturated carbocycles. The first-order valence-electron chi connectivity index (χ1n) is 12.1. The van der Waals surface area contributed by atoms with Gasteiger partial charge in [0.05, 0.1) is 18.8 Å². The molecule has 1 N–H and O–H groups in total. The molecular formula is C28H37ClO2. The van der Waals surface area contributed by atoms with Crippen molar-refractivity contribution >= 4 is 11.6 Å². The number of hydrogen-bond donors (Lipinski definition) is 1. The summed E-state index contributed by atoms with van der Waals surface area (Å²) >= 11 is 6.95. The first-order valence-corrected chi connectivity index (χ1v) is 12.4. The maximum absolute atomic E-state index is 9.88. The third-order valence-corrected chi connectivity index (χ3v) is 7.49. The highest BCUT2D eigenvalue weighted by molar-refractivity contribution is 6.32. The van der Waals surface area contributed by atoms with Gasteiger partial charge in [0, 0.05) is 5.02 Å². The van der Waals surface area contributed by atoms with Crippen LogP contribution in [-0.2, 0) is 24.0 Å². The van der Waals surface area contributed by atoms with Crippen molar-refractivity contribution in [2.75, 3.05) is 6.61 Å². The summed E-state index contributed by atoms with van der Waals surface area (Å²) < 4.78 is 6.53. The number of halogens is 1. The molecule has 2 nitrogen and oxygen atoms in total. The Morgan fingerprint density at radius 2 is 1.68 bits per heavy atom. The first kappa shape index (κ1) is 22.8. The van der Waals surface area contributed by atoms with E-state index in [1.165, 1.54) is 46.2 Å². The van der Waals surface area contributed by atoms with E-state index in [-0.39, 0.29) is 24.7 Å². The number of aliphatic hydroxyl groups excluding tert-OH is 1. The SMILES string of the molecule is CC(C)C(CO)OC(c1cc(Cc2ccc(C3CC3)cc2)c(Cl)c2c1CCC2)C(C)C. The molecule has 3 heteroatoms. The lowest BCUT2D eigenvalue weighted by atomic mass is 9.88. The molecule has 2 aliphatic carbocycles. The van der Waals surface area contributed by atoms with Crippen LogP contribution in [0.15, 0.2) is 30.3 Å². The molecule has 0 radical (unpaired) electrons. The Hall–Kier alpha value is -1.35. The number of benzene rings is 2. The van der Waals surface area contributed by atoms with Gasteiger partial charge in [-0.1, -0.05) is 69.6 Å². The average Bonchev–Trinajstić information content (AvgIpc) is 3.47. The second-order valence-corrected chi connectivity index (χ2v) is 10.6. The molecule has 2 aliphatic rings. The van der Waals surface area contributed by atoms with Gasteiger partial charge in [-0.05, 0) is 89.7 Å². The second-order valence-electron chi connectivity index (χ2n) is 10.2. The summed E-state index contributed by atoms with van der Waals surface area (Å²) in [6, 6.07) is 11.4. The van der Waals surface area contributed by atoms with Gasteiger partial charge in [-0.3, -0.25) is 0 Å². The van der Waals surface area contributed by atoms with E-state index in [0.717, 1.165) is 36.6 Å². The zero-order chi connectivity index (χ0) is 22.1. The quantitative estimate of drug-likeness (QED) is 0.453. The largest absolute Gasteiger partial charge is 0.394 e. The van der Waals surface area contributed by atoms with Gasteiger partial charge < -0.3 is 9.84 Å². The van der Waals surface area contributed by atoms with E-state index in [1.54, 1.807) is 0 Å². The molecule has 0 spiro atoms. The van der Waals surface area contributed by atoms with E-state index >= 15 is 0 Å². The van der Waals surface area contributed by atoms with Crippen molar-refractivity contribution < 1.29 is 9.84 Å². The van der Waals surface area contributed by atoms with Crippen LogP contribution >= 0.6 is 11.6 Å². The van der Waals surface area contributed by atoms with Crippen LogP contribution < -0.4 is 0 Å². The van der Waals surface area contributed by atoms with Crippen LogP contribution in [0.25, 0.3) is 0 Å². The van der Waals surface area contributed by atoms with E-state index in [4.69, 9.17) is 16.3 Å². The van der Waals surface area contributed by atoms with Crippen LogP contribution in [0, 0.1) is 11.8 Å². The third-order valence-electron chi connectivity index (χ3n) is 7.02. The van der Waals surface area contributed by atoms with Gasteiger partial charge in [-0.25, -0.2) is 0 Å². The maximum Gasteiger partial charge on any atom is 0.0855 e. The molecule has 0 aromatic heterocycles. The standard InChI is InChI=1S/C28H37ClO2/c1-17(2)26(16-30)31-28(18(3)4)25-15-22(27(29)24-7-5-6-23(24)25)14-19-8-10-20(11-9-19)21-12-13-21/h8-11,15,17-18,21,26,28,30H,5-7,12-14,16H2,1-4H3. The summed E-state index contributed by atoms with van der Waals surface area (Å²) in [5.74, 6) is 1.38. The van der Waals surface area contributed by atoms with Gasteiger partial charge in [0.25, 0.3) is 0 Å². The van der Waals surface area contributed by atoms with Crippen molar-refractivity contribution in [1.29, 1.82) is 0 Å². The molecule has 0 aliphatic heterocycles. The minimum Gasteiger partial charge on any atom is -0.394 e. The highest BCUT2D eigenvalue weighted by Crippen LogP contribution is 2.42. The Bertz CT molecular complexity index is 896. The minimum absolute atomic E-state index is 0.0281. The molecular weight excluding hydrogens is 404 g/mol. The molecule has 1 fully saturated rings. The Balaban J connectivity index is 1.67. The van der Waals surface area contributed by atoms with E-state index in [2.05, 4.69) is 58.0 Å². The number of rotatable bonds is 9. The van der Waals surface area contributed by atoms with Crippen molar-refractivity contribution in [3.63, 3.8) is 0 Å². The highest BCUT2D eigenvalue weighted by atomic mass is 35.5. The van der Waals surface area contributed by atoms with Crippen molar-refractivity contribution in [3.8, 4) is 0 Å². The third kappa shape index (κ3) is 5.02. The second kappa shape index (κ2) is 9.65. The molecule has 168 valence electrons. The van der Waals surface area contributed by atoms with Crippen LogP contribution in [0.4, 0.5) is 0 Å². The molecule has 2 atom stereocenters. The normalized spacial score (nSPS) is 17.9. The van der Waals surface area contributed by atoms with Crippen molar-refractivity contribution in [2.24, 2.45) is 11.8 Å². The fraction of sp³-hybridized carbons (Fsp3) is 0.571. The van der Waals surface area contributed by atoms with E-state index < -0.39 is 0 Å². The zero-order valence-corrected chi connectivity index (χ0v) is 20.2. The smallest absolute Gasteiger partial charge is 0.0855 e. The summed E-state index contributed by atoms with van der Waals surface area (Å²) in [6.45, 7) is 8.71. The molecule has 2 unspecified atom stereocenters. The Morgan fingerprint density at radius 1 is 1.00 bits per heavy atom. The lowest BCUT2D eigenvalue weighted by molar-refractivity contribution is -0.0807. The summed E-state index contributed by atoms with van der Waals surface area (Å²) in [5.41, 5.74) is 7.99. The summed E-state index contributed by atoms with van der Waals surface area (Å²) in [7, 11) is 0. The van der Waals surface area contributed by atoms with Crippen LogP contribution in [0.1, 0.15) is 92.4 Å². The van der Waals surface area contributed by atoms with Crippen LogP contribution in [0.2, 0.25) is 5.02 Å². The molecule has 2 aromatic carbocycles. The van der Waals surface area contributed by atoms with Gasteiger partial charge in [0.1, 0.15) is 0 Å². The molecule has 4 rings (SSSR count). The van der Waals surface area contributed by atoms with Crippen molar-refractivity contribution in [2.45, 2.75) is 84.3 Å².